The Balaban J connectivity index is 2.70. The van der Waals surface area contributed by atoms with Crippen molar-refractivity contribution < 1.29 is 39.8 Å². The van der Waals surface area contributed by atoms with Gasteiger partial charge in [0.2, 0.25) is 5.91 Å². The Kier molecular flexibility index (Phi) is 17.1. The normalized spacial score (nSPS) is 26.9. The summed E-state index contributed by atoms with van der Waals surface area (Å²) < 4.78 is 10.9. The second-order valence-electron chi connectivity index (χ2n) is 9.13. The van der Waals surface area contributed by atoms with Crippen LogP contribution in [0.2, 0.25) is 0 Å². The Morgan fingerprint density at radius 2 is 1.63 bits per heavy atom. The molecule has 0 aromatic carbocycles. The highest BCUT2D eigenvalue weighted by atomic mass is 16.7. The molecule has 6 N–H and O–H groups in total. The third-order valence-electron chi connectivity index (χ3n) is 6.01. The van der Waals surface area contributed by atoms with E-state index in [1.807, 2.05) is 6.08 Å². The minimum absolute atomic E-state index is 0.202. The number of hydrogen-bond acceptors (Lipinski definition) is 8. The van der Waals surface area contributed by atoms with Crippen LogP contribution in [0.3, 0.4) is 0 Å². The largest absolute Gasteiger partial charge is 0.394 e. The van der Waals surface area contributed by atoms with Crippen LogP contribution in [-0.2, 0) is 14.3 Å². The molecule has 0 saturated carbocycles. The topological polar surface area (TPSA) is 149 Å². The average Bonchev–Trinajstić information content (AvgIpc) is 2.85. The Morgan fingerprint density at radius 3 is 2.31 bits per heavy atom. The third kappa shape index (κ3) is 12.5. The lowest BCUT2D eigenvalue weighted by molar-refractivity contribution is -0.302. The van der Waals surface area contributed by atoms with Crippen molar-refractivity contribution in [3.05, 3.63) is 24.3 Å². The summed E-state index contributed by atoms with van der Waals surface area (Å²) in [6.45, 7) is 3.48. The van der Waals surface area contributed by atoms with Crippen molar-refractivity contribution in [2.45, 2.75) is 121 Å². The van der Waals surface area contributed by atoms with Crippen LogP contribution in [0.25, 0.3) is 0 Å². The van der Waals surface area contributed by atoms with Gasteiger partial charge in [-0.05, 0) is 25.7 Å². The Bertz CT molecular complexity index is 612. The van der Waals surface area contributed by atoms with Crippen molar-refractivity contribution in [1.29, 1.82) is 0 Å². The van der Waals surface area contributed by atoms with E-state index in [2.05, 4.69) is 31.3 Å². The van der Waals surface area contributed by atoms with E-state index in [-0.39, 0.29) is 12.5 Å². The molecule has 1 amide bonds. The Hall–Kier alpha value is -1.33. The van der Waals surface area contributed by atoms with Crippen LogP contribution in [0, 0.1) is 0 Å². The first kappa shape index (κ1) is 31.7. The fraction of sp³-hybridized carbons (Fsp3) is 0.808. The van der Waals surface area contributed by atoms with Crippen LogP contribution in [0.1, 0.15) is 78.1 Å². The number of rotatable bonds is 18. The van der Waals surface area contributed by atoms with Crippen molar-refractivity contribution in [2.24, 2.45) is 0 Å². The summed E-state index contributed by atoms with van der Waals surface area (Å²) in [6.07, 6.45) is 8.70. The number of carbonyl (C=O) groups excluding carboxylic acids is 1. The molecule has 0 aromatic rings. The molecule has 1 aliphatic rings. The number of aliphatic hydroxyl groups is 5. The van der Waals surface area contributed by atoms with Crippen molar-refractivity contribution in [3.8, 4) is 0 Å². The van der Waals surface area contributed by atoms with E-state index in [9.17, 15) is 30.3 Å². The van der Waals surface area contributed by atoms with E-state index in [1.54, 1.807) is 6.08 Å². The number of hydrogen-bond donors (Lipinski definition) is 6. The number of unbranched alkanes of at least 4 members (excludes halogenated alkanes) is 6. The minimum atomic E-state index is -1.56. The van der Waals surface area contributed by atoms with Crippen LogP contribution in [-0.4, -0.2) is 87.5 Å². The quantitative estimate of drug-likeness (QED) is 0.123. The lowest BCUT2D eigenvalue weighted by atomic mass is 9.99. The molecule has 204 valence electrons. The molecule has 0 aliphatic carbocycles. The molecule has 0 bridgehead atoms. The van der Waals surface area contributed by atoms with Gasteiger partial charge in [0, 0.05) is 6.42 Å². The van der Waals surface area contributed by atoms with Crippen molar-refractivity contribution >= 4 is 5.91 Å². The highest BCUT2D eigenvalue weighted by Crippen LogP contribution is 2.22. The monoisotopic (exact) mass is 501 g/mol. The van der Waals surface area contributed by atoms with Gasteiger partial charge in [-0.3, -0.25) is 4.79 Å². The molecular weight excluding hydrogens is 454 g/mol. The van der Waals surface area contributed by atoms with E-state index in [0.717, 1.165) is 57.8 Å². The summed E-state index contributed by atoms with van der Waals surface area (Å²) in [4.78, 5) is 12.5. The SMILES string of the molecule is CCC/C=C/CC/C=C/C(O)C(COC1OC(CO)C(O)C(O)C1O)NC(=O)CCCCCCC. The summed E-state index contributed by atoms with van der Waals surface area (Å²) in [5.41, 5.74) is 0. The summed E-state index contributed by atoms with van der Waals surface area (Å²) >= 11 is 0. The van der Waals surface area contributed by atoms with Crippen LogP contribution in [0.5, 0.6) is 0 Å². The summed E-state index contributed by atoms with van der Waals surface area (Å²) in [6, 6.07) is -0.808. The second kappa shape index (κ2) is 18.9. The van der Waals surface area contributed by atoms with Crippen LogP contribution < -0.4 is 5.32 Å². The highest BCUT2D eigenvalue weighted by Gasteiger charge is 2.44. The van der Waals surface area contributed by atoms with Gasteiger partial charge >= 0.3 is 0 Å². The molecule has 0 radical (unpaired) electrons. The maximum atomic E-state index is 12.5. The molecular formula is C26H47NO8. The Labute approximate surface area is 209 Å². The van der Waals surface area contributed by atoms with E-state index >= 15 is 0 Å². The van der Waals surface area contributed by atoms with Gasteiger partial charge in [-0.25, -0.2) is 0 Å². The third-order valence-corrected chi connectivity index (χ3v) is 6.01. The molecule has 9 nitrogen and oxygen atoms in total. The fourth-order valence-electron chi connectivity index (χ4n) is 3.76. The molecule has 35 heavy (non-hydrogen) atoms. The van der Waals surface area contributed by atoms with Gasteiger partial charge in [-0.1, -0.05) is 70.3 Å². The van der Waals surface area contributed by atoms with Gasteiger partial charge in [-0.2, -0.15) is 0 Å². The molecule has 9 heteroatoms. The van der Waals surface area contributed by atoms with Gasteiger partial charge in [0.25, 0.3) is 0 Å². The second-order valence-corrected chi connectivity index (χ2v) is 9.13. The molecule has 1 aliphatic heterocycles. The number of amides is 1. The van der Waals surface area contributed by atoms with Crippen molar-refractivity contribution in [1.82, 2.24) is 5.32 Å². The van der Waals surface area contributed by atoms with E-state index in [1.165, 1.54) is 0 Å². The molecule has 7 atom stereocenters. The van der Waals surface area contributed by atoms with E-state index < -0.39 is 49.5 Å². The summed E-state index contributed by atoms with van der Waals surface area (Å²) in [7, 11) is 0. The number of carbonyl (C=O) groups is 1. The van der Waals surface area contributed by atoms with Crippen LogP contribution in [0.15, 0.2) is 24.3 Å². The van der Waals surface area contributed by atoms with Gasteiger partial charge in [0.1, 0.15) is 24.4 Å². The summed E-state index contributed by atoms with van der Waals surface area (Å²) in [5.74, 6) is -0.209. The first-order chi connectivity index (χ1) is 16.8. The maximum Gasteiger partial charge on any atom is 0.220 e. The zero-order valence-corrected chi connectivity index (χ0v) is 21.3. The van der Waals surface area contributed by atoms with E-state index in [4.69, 9.17) is 9.47 Å². The fourth-order valence-corrected chi connectivity index (χ4v) is 3.76. The van der Waals surface area contributed by atoms with Crippen molar-refractivity contribution in [2.75, 3.05) is 13.2 Å². The minimum Gasteiger partial charge on any atom is -0.394 e. The smallest absolute Gasteiger partial charge is 0.220 e. The van der Waals surface area contributed by atoms with Crippen LogP contribution in [0.4, 0.5) is 0 Å². The van der Waals surface area contributed by atoms with Crippen LogP contribution >= 0.6 is 0 Å². The van der Waals surface area contributed by atoms with Crippen molar-refractivity contribution in [3.63, 3.8) is 0 Å². The van der Waals surface area contributed by atoms with Gasteiger partial charge in [0.15, 0.2) is 6.29 Å². The standard InChI is InChI=1S/C26H47NO8/c1-3-5-7-9-10-12-13-15-20(29)19(27-22(30)16-14-11-8-6-4-2)18-34-26-25(33)24(32)23(31)21(17-28)35-26/h7,9,13,15,19-21,23-26,28-29,31-33H,3-6,8,10-12,14,16-18H2,1-2H3,(H,27,30)/b9-7+,15-13+. The molecule has 0 aromatic heterocycles. The van der Waals surface area contributed by atoms with Gasteiger partial charge in [-0.15, -0.1) is 0 Å². The zero-order valence-electron chi connectivity index (χ0n) is 21.3. The maximum absolute atomic E-state index is 12.5. The zero-order chi connectivity index (χ0) is 26.1. The molecule has 1 fully saturated rings. The Morgan fingerprint density at radius 1 is 0.943 bits per heavy atom. The molecule has 1 saturated heterocycles. The molecule has 0 spiro atoms. The average molecular weight is 502 g/mol. The van der Waals surface area contributed by atoms with E-state index in [0.29, 0.717) is 6.42 Å². The number of ether oxygens (including phenoxy) is 2. The lowest BCUT2D eigenvalue weighted by Gasteiger charge is -2.40. The first-order valence-corrected chi connectivity index (χ1v) is 13.1. The summed E-state index contributed by atoms with van der Waals surface area (Å²) in [5, 5.41) is 52.9. The first-order valence-electron chi connectivity index (χ1n) is 13.1. The number of nitrogens with one attached hydrogen (secondary N) is 1. The van der Waals surface area contributed by atoms with Gasteiger partial charge < -0.3 is 40.3 Å². The molecule has 1 heterocycles. The highest BCUT2D eigenvalue weighted by molar-refractivity contribution is 5.76. The molecule has 7 unspecified atom stereocenters. The number of aliphatic hydroxyl groups excluding tert-OH is 5. The predicted molar refractivity (Wildman–Crippen MR) is 133 cm³/mol. The predicted octanol–water partition coefficient (Wildman–Crippen LogP) is 1.70. The number of allylic oxidation sites excluding steroid dienone is 3. The molecule has 1 rings (SSSR count). The lowest BCUT2D eigenvalue weighted by Crippen LogP contribution is -2.60. The van der Waals surface area contributed by atoms with Gasteiger partial charge in [0.05, 0.1) is 25.4 Å².